The van der Waals surface area contributed by atoms with Gasteiger partial charge in [0.05, 0.1) is 31.5 Å². The molecule has 0 saturated carbocycles. The number of methoxy groups -OCH3 is 1. The van der Waals surface area contributed by atoms with E-state index in [-0.39, 0.29) is 18.0 Å². The minimum absolute atomic E-state index is 0.174. The van der Waals surface area contributed by atoms with E-state index in [1.165, 1.54) is 25.5 Å². The number of halogens is 1. The van der Waals surface area contributed by atoms with E-state index in [9.17, 15) is 19.1 Å². The molecule has 0 fully saturated rings. The number of nitrogens with zero attached hydrogens (tertiary/aromatic N) is 1. The molecule has 4 rings (SSSR count). The van der Waals surface area contributed by atoms with E-state index in [0.717, 1.165) is 0 Å². The minimum Gasteiger partial charge on any atom is -0.490 e. The van der Waals surface area contributed by atoms with Gasteiger partial charge in [0, 0.05) is 11.3 Å². The molecular formula is C28H29FN4O7. The van der Waals surface area contributed by atoms with Crippen molar-refractivity contribution in [2.75, 3.05) is 20.3 Å². The standard InChI is InChI=1S/C28H29FN4O7/c1-4-38-23-13-18(26-25(27(35)37-3)16(2)31-28(36)32-26)7-11-22(23)39-15-24(34)33-30-14-20-10-12-21(40-20)17-5-8-19(29)9-6-17/h5-14,24,26,33-34H,4,15H2,1-3H3,(H2,31,32,36)/b30-14-/t24-,26-/m1/s1. The Kier molecular flexibility index (Phi) is 9.02. The van der Waals surface area contributed by atoms with Crippen molar-refractivity contribution in [2.24, 2.45) is 5.10 Å². The second kappa shape index (κ2) is 12.8. The third-order valence-electron chi connectivity index (χ3n) is 5.84. The van der Waals surface area contributed by atoms with Crippen molar-refractivity contribution in [3.63, 3.8) is 0 Å². The van der Waals surface area contributed by atoms with Crippen LogP contribution >= 0.6 is 0 Å². The number of nitrogens with one attached hydrogen (secondary N) is 3. The molecular weight excluding hydrogens is 523 g/mol. The van der Waals surface area contributed by atoms with Gasteiger partial charge in [-0.05, 0) is 67.9 Å². The highest BCUT2D eigenvalue weighted by atomic mass is 19.1. The molecule has 0 unspecified atom stereocenters. The molecule has 12 heteroatoms. The number of urea groups is 1. The maximum absolute atomic E-state index is 13.1. The van der Waals surface area contributed by atoms with E-state index in [2.05, 4.69) is 21.2 Å². The van der Waals surface area contributed by atoms with E-state index >= 15 is 0 Å². The molecule has 0 aliphatic carbocycles. The van der Waals surface area contributed by atoms with Crippen LogP contribution in [0.1, 0.15) is 31.2 Å². The molecule has 40 heavy (non-hydrogen) atoms. The van der Waals surface area contributed by atoms with E-state index in [1.807, 2.05) is 0 Å². The molecule has 2 heterocycles. The first-order chi connectivity index (χ1) is 19.3. The quantitative estimate of drug-likeness (QED) is 0.122. The van der Waals surface area contributed by atoms with Crippen LogP contribution in [0, 0.1) is 5.82 Å². The van der Waals surface area contributed by atoms with Gasteiger partial charge in [0.25, 0.3) is 0 Å². The number of aliphatic hydroxyl groups excluding tert-OH is 1. The summed E-state index contributed by atoms with van der Waals surface area (Å²) in [5, 5.41) is 19.6. The number of carbonyl (C=O) groups excluding carboxylic acids is 2. The average molecular weight is 553 g/mol. The Morgan fingerprint density at radius 3 is 2.67 bits per heavy atom. The number of ether oxygens (including phenoxy) is 3. The zero-order chi connectivity index (χ0) is 28.6. The van der Waals surface area contributed by atoms with Crippen LogP contribution in [0.2, 0.25) is 0 Å². The number of aliphatic hydroxyl groups is 1. The summed E-state index contributed by atoms with van der Waals surface area (Å²) in [6.45, 7) is 3.57. The van der Waals surface area contributed by atoms with Crippen molar-refractivity contribution in [2.45, 2.75) is 26.1 Å². The number of hydrogen-bond acceptors (Lipinski definition) is 9. The van der Waals surface area contributed by atoms with Crippen LogP contribution in [-0.4, -0.2) is 49.9 Å². The summed E-state index contributed by atoms with van der Waals surface area (Å²) in [4.78, 5) is 24.5. The van der Waals surface area contributed by atoms with Crippen molar-refractivity contribution in [1.82, 2.24) is 16.1 Å². The monoisotopic (exact) mass is 552 g/mol. The number of hydrogen-bond donors (Lipinski definition) is 4. The molecule has 210 valence electrons. The summed E-state index contributed by atoms with van der Waals surface area (Å²) in [5.41, 5.74) is 4.48. The summed E-state index contributed by atoms with van der Waals surface area (Å²) < 4.78 is 35.1. The van der Waals surface area contributed by atoms with E-state index in [0.29, 0.717) is 46.5 Å². The lowest BCUT2D eigenvalue weighted by Crippen LogP contribution is -2.45. The van der Waals surface area contributed by atoms with Gasteiger partial charge in [-0.2, -0.15) is 5.10 Å². The fourth-order valence-electron chi connectivity index (χ4n) is 4.00. The van der Waals surface area contributed by atoms with Gasteiger partial charge in [-0.25, -0.2) is 14.0 Å². The number of allylic oxidation sites excluding steroid dienone is 1. The third-order valence-corrected chi connectivity index (χ3v) is 5.84. The highest BCUT2D eigenvalue weighted by Crippen LogP contribution is 2.35. The van der Waals surface area contributed by atoms with Crippen molar-refractivity contribution >= 4 is 18.2 Å². The maximum atomic E-state index is 13.1. The Balaban J connectivity index is 1.39. The lowest BCUT2D eigenvalue weighted by Gasteiger charge is -2.28. The van der Waals surface area contributed by atoms with Crippen LogP contribution in [0.4, 0.5) is 9.18 Å². The largest absolute Gasteiger partial charge is 0.490 e. The van der Waals surface area contributed by atoms with Gasteiger partial charge >= 0.3 is 12.0 Å². The molecule has 1 aliphatic rings. The van der Waals surface area contributed by atoms with Gasteiger partial charge in [-0.3, -0.25) is 5.43 Å². The third kappa shape index (κ3) is 6.77. The van der Waals surface area contributed by atoms with Crippen molar-refractivity contribution in [3.05, 3.63) is 83.0 Å². The van der Waals surface area contributed by atoms with Gasteiger partial charge in [-0.15, -0.1) is 0 Å². The fraction of sp³-hybridized carbons (Fsp3) is 0.250. The number of rotatable bonds is 11. The Morgan fingerprint density at radius 2 is 1.95 bits per heavy atom. The van der Waals surface area contributed by atoms with Gasteiger partial charge < -0.3 is 34.4 Å². The summed E-state index contributed by atoms with van der Waals surface area (Å²) in [6, 6.07) is 13.1. The van der Waals surface area contributed by atoms with E-state index < -0.39 is 24.3 Å². The second-order valence-corrected chi connectivity index (χ2v) is 8.62. The van der Waals surface area contributed by atoms with Crippen LogP contribution in [0.3, 0.4) is 0 Å². The van der Waals surface area contributed by atoms with Crippen molar-refractivity contribution < 1.29 is 37.7 Å². The minimum atomic E-state index is -1.17. The molecule has 2 amide bonds. The van der Waals surface area contributed by atoms with Crippen LogP contribution in [0.15, 0.2) is 75.4 Å². The van der Waals surface area contributed by atoms with E-state index in [1.54, 1.807) is 56.3 Å². The first-order valence-electron chi connectivity index (χ1n) is 12.4. The van der Waals surface area contributed by atoms with Crippen LogP contribution < -0.4 is 25.5 Å². The first kappa shape index (κ1) is 28.2. The van der Waals surface area contributed by atoms with Crippen molar-refractivity contribution in [3.8, 4) is 22.8 Å². The molecule has 0 radical (unpaired) electrons. The molecule has 4 N–H and O–H groups in total. The van der Waals surface area contributed by atoms with Gasteiger partial charge in [0.15, 0.2) is 17.7 Å². The topological polar surface area (TPSA) is 144 Å². The van der Waals surface area contributed by atoms with Crippen LogP contribution in [0.5, 0.6) is 11.5 Å². The molecule has 0 saturated heterocycles. The lowest BCUT2D eigenvalue weighted by atomic mass is 9.95. The Labute approximate surface area is 229 Å². The number of furan rings is 1. The van der Waals surface area contributed by atoms with Crippen LogP contribution in [0.25, 0.3) is 11.3 Å². The molecule has 0 spiro atoms. The number of benzene rings is 2. The Bertz CT molecular complexity index is 1420. The molecule has 0 bridgehead atoms. The zero-order valence-electron chi connectivity index (χ0n) is 22.1. The summed E-state index contributed by atoms with van der Waals surface area (Å²) in [7, 11) is 1.27. The number of hydrazone groups is 1. The second-order valence-electron chi connectivity index (χ2n) is 8.62. The Morgan fingerprint density at radius 1 is 1.18 bits per heavy atom. The number of carbonyl (C=O) groups is 2. The van der Waals surface area contributed by atoms with Gasteiger partial charge in [0.1, 0.15) is 23.9 Å². The van der Waals surface area contributed by atoms with E-state index in [4.69, 9.17) is 18.6 Å². The highest BCUT2D eigenvalue weighted by molar-refractivity contribution is 5.95. The maximum Gasteiger partial charge on any atom is 0.337 e. The molecule has 1 aromatic heterocycles. The average Bonchev–Trinajstić information content (AvgIpc) is 3.41. The summed E-state index contributed by atoms with van der Waals surface area (Å²) in [6.07, 6.45) is 0.218. The van der Waals surface area contributed by atoms with Gasteiger partial charge in [-0.1, -0.05) is 6.07 Å². The predicted molar refractivity (Wildman–Crippen MR) is 143 cm³/mol. The van der Waals surface area contributed by atoms with Gasteiger partial charge in [0.2, 0.25) is 0 Å². The Hall–Kier alpha value is -4.84. The lowest BCUT2D eigenvalue weighted by molar-refractivity contribution is -0.136. The predicted octanol–water partition coefficient (Wildman–Crippen LogP) is 3.61. The van der Waals surface area contributed by atoms with Crippen LogP contribution in [-0.2, 0) is 9.53 Å². The number of esters is 1. The summed E-state index contributed by atoms with van der Waals surface area (Å²) >= 11 is 0. The molecule has 2 aromatic carbocycles. The fourth-order valence-corrected chi connectivity index (χ4v) is 4.00. The van der Waals surface area contributed by atoms with Crippen molar-refractivity contribution in [1.29, 1.82) is 0 Å². The zero-order valence-corrected chi connectivity index (χ0v) is 22.1. The molecule has 2 atom stereocenters. The number of amides is 2. The normalized spacial score (nSPS) is 15.8. The summed E-state index contributed by atoms with van der Waals surface area (Å²) in [5.74, 6) is 0.752. The molecule has 11 nitrogen and oxygen atoms in total. The highest BCUT2D eigenvalue weighted by Gasteiger charge is 2.32. The smallest absolute Gasteiger partial charge is 0.337 e. The molecule has 1 aliphatic heterocycles. The first-order valence-corrected chi connectivity index (χ1v) is 12.4. The SMILES string of the molecule is CCOc1cc([C@H]2NC(=O)NC(C)=C2C(=O)OC)ccc1OC[C@@H](O)N/N=C\c1ccc(-c2ccc(F)cc2)o1. The molecule has 3 aromatic rings.